The maximum atomic E-state index is 12.2. The first-order valence-electron chi connectivity index (χ1n) is 6.46. The van der Waals surface area contributed by atoms with Crippen molar-refractivity contribution in [2.24, 2.45) is 0 Å². The number of nitrogens with zero attached hydrogens (tertiary/aromatic N) is 3. The number of unbranched alkanes of at least 4 members (excludes halogenated alkanes) is 2. The van der Waals surface area contributed by atoms with Gasteiger partial charge in [0.05, 0.1) is 5.69 Å². The van der Waals surface area contributed by atoms with Crippen LogP contribution in [0.2, 0.25) is 0 Å². The molecular formula is C13H22ClN3O. The van der Waals surface area contributed by atoms with Crippen LogP contribution in [0.4, 0.5) is 0 Å². The molecule has 0 unspecified atom stereocenters. The van der Waals surface area contributed by atoms with Gasteiger partial charge in [0.15, 0.2) is 0 Å². The van der Waals surface area contributed by atoms with Crippen molar-refractivity contribution in [3.8, 4) is 0 Å². The second-order valence-corrected chi connectivity index (χ2v) is 4.84. The molecule has 0 aliphatic rings. The number of halogens is 1. The molecule has 1 heterocycles. The molecule has 0 atom stereocenters. The summed E-state index contributed by atoms with van der Waals surface area (Å²) >= 11 is 5.63. The quantitative estimate of drug-likeness (QED) is 0.565. The smallest absolute Gasteiger partial charge is 0.271 e. The average molecular weight is 272 g/mol. The van der Waals surface area contributed by atoms with E-state index < -0.39 is 0 Å². The van der Waals surface area contributed by atoms with Gasteiger partial charge in [-0.15, -0.1) is 11.6 Å². The van der Waals surface area contributed by atoms with Crippen molar-refractivity contribution >= 4 is 17.5 Å². The molecule has 0 aliphatic heterocycles. The van der Waals surface area contributed by atoms with Gasteiger partial charge in [0.2, 0.25) is 0 Å². The van der Waals surface area contributed by atoms with Crippen LogP contribution in [-0.4, -0.2) is 40.1 Å². The van der Waals surface area contributed by atoms with E-state index in [4.69, 9.17) is 11.6 Å². The highest BCUT2D eigenvalue weighted by molar-refractivity contribution is 6.17. The van der Waals surface area contributed by atoms with Crippen molar-refractivity contribution < 1.29 is 4.79 Å². The maximum absolute atomic E-state index is 12.2. The van der Waals surface area contributed by atoms with Gasteiger partial charge in [0, 0.05) is 26.0 Å². The third kappa shape index (κ3) is 4.02. The summed E-state index contributed by atoms with van der Waals surface area (Å²) in [4.78, 5) is 14.0. The summed E-state index contributed by atoms with van der Waals surface area (Å²) in [5, 5.41) is 4.29. The molecule has 0 spiro atoms. The number of alkyl halides is 1. The van der Waals surface area contributed by atoms with Crippen LogP contribution in [0.15, 0.2) is 6.07 Å². The van der Waals surface area contributed by atoms with E-state index >= 15 is 0 Å². The van der Waals surface area contributed by atoms with Crippen molar-refractivity contribution in [1.29, 1.82) is 0 Å². The predicted molar refractivity (Wildman–Crippen MR) is 74.2 cm³/mol. The largest absolute Gasteiger partial charge is 0.340 e. The van der Waals surface area contributed by atoms with Crippen molar-refractivity contribution in [3.05, 3.63) is 17.5 Å². The van der Waals surface area contributed by atoms with Crippen molar-refractivity contribution in [2.45, 2.75) is 39.7 Å². The number of carbonyl (C=O) groups is 1. The Balaban J connectivity index is 2.57. The molecule has 0 bridgehead atoms. The van der Waals surface area contributed by atoms with E-state index in [1.807, 2.05) is 27.0 Å². The Morgan fingerprint density at radius 3 is 2.78 bits per heavy atom. The fourth-order valence-corrected chi connectivity index (χ4v) is 2.07. The minimum atomic E-state index is 0.0447. The number of hydrogen-bond acceptors (Lipinski definition) is 2. The Morgan fingerprint density at radius 1 is 1.44 bits per heavy atom. The van der Waals surface area contributed by atoms with E-state index in [0.717, 1.165) is 38.0 Å². The molecule has 0 fully saturated rings. The molecular weight excluding hydrogens is 250 g/mol. The first kappa shape index (κ1) is 15.0. The lowest BCUT2D eigenvalue weighted by Gasteiger charge is -2.17. The van der Waals surface area contributed by atoms with Crippen LogP contribution in [0.3, 0.4) is 0 Å². The van der Waals surface area contributed by atoms with Gasteiger partial charge in [0.25, 0.3) is 5.91 Å². The summed E-state index contributed by atoms with van der Waals surface area (Å²) in [7, 11) is 1.84. The maximum Gasteiger partial charge on any atom is 0.271 e. The molecule has 1 aromatic heterocycles. The molecule has 4 nitrogen and oxygen atoms in total. The molecule has 0 radical (unpaired) electrons. The number of amides is 1. The Morgan fingerprint density at radius 2 is 2.17 bits per heavy atom. The fourth-order valence-electron chi connectivity index (χ4n) is 1.88. The van der Waals surface area contributed by atoms with Crippen LogP contribution in [0.5, 0.6) is 0 Å². The fraction of sp³-hybridized carbons (Fsp3) is 0.692. The molecule has 1 aromatic rings. The zero-order valence-corrected chi connectivity index (χ0v) is 12.2. The summed E-state index contributed by atoms with van der Waals surface area (Å²) in [5.41, 5.74) is 1.56. The SMILES string of the molecule is CCn1nc(C)cc1C(=O)N(C)CCCCCCl. The summed E-state index contributed by atoms with van der Waals surface area (Å²) in [5.74, 6) is 0.739. The lowest BCUT2D eigenvalue weighted by Crippen LogP contribution is -2.29. The molecule has 1 rings (SSSR count). The molecule has 102 valence electrons. The number of aryl methyl sites for hydroxylation is 2. The molecule has 0 saturated heterocycles. The van der Waals surface area contributed by atoms with Crippen LogP contribution in [-0.2, 0) is 6.54 Å². The van der Waals surface area contributed by atoms with Crippen LogP contribution in [0.25, 0.3) is 0 Å². The highest BCUT2D eigenvalue weighted by Crippen LogP contribution is 2.08. The van der Waals surface area contributed by atoms with E-state index in [-0.39, 0.29) is 5.91 Å². The van der Waals surface area contributed by atoms with E-state index in [1.54, 1.807) is 9.58 Å². The first-order valence-corrected chi connectivity index (χ1v) is 6.99. The molecule has 5 heteroatoms. The lowest BCUT2D eigenvalue weighted by atomic mass is 10.2. The van der Waals surface area contributed by atoms with Gasteiger partial charge in [0.1, 0.15) is 5.69 Å². The first-order chi connectivity index (χ1) is 8.60. The summed E-state index contributed by atoms with van der Waals surface area (Å²) < 4.78 is 1.76. The third-order valence-electron chi connectivity index (χ3n) is 2.89. The second kappa shape index (κ2) is 7.41. The van der Waals surface area contributed by atoms with Crippen LogP contribution < -0.4 is 0 Å². The highest BCUT2D eigenvalue weighted by Gasteiger charge is 2.16. The van der Waals surface area contributed by atoms with E-state index in [1.165, 1.54) is 0 Å². The van der Waals surface area contributed by atoms with Gasteiger partial charge in [-0.05, 0) is 32.8 Å². The molecule has 1 amide bonds. The van der Waals surface area contributed by atoms with Gasteiger partial charge in [-0.3, -0.25) is 9.48 Å². The third-order valence-corrected chi connectivity index (χ3v) is 3.16. The Hall–Kier alpha value is -1.03. The normalized spacial score (nSPS) is 10.7. The van der Waals surface area contributed by atoms with Crippen molar-refractivity contribution in [1.82, 2.24) is 14.7 Å². The zero-order chi connectivity index (χ0) is 13.5. The molecule has 18 heavy (non-hydrogen) atoms. The van der Waals surface area contributed by atoms with E-state index in [0.29, 0.717) is 11.6 Å². The summed E-state index contributed by atoms with van der Waals surface area (Å²) in [6.45, 7) is 5.38. The minimum absolute atomic E-state index is 0.0447. The number of aromatic nitrogens is 2. The van der Waals surface area contributed by atoms with E-state index in [2.05, 4.69) is 5.10 Å². The number of rotatable bonds is 7. The Labute approximate surface area is 114 Å². The molecule has 0 N–H and O–H groups in total. The van der Waals surface area contributed by atoms with Gasteiger partial charge < -0.3 is 4.90 Å². The monoisotopic (exact) mass is 271 g/mol. The number of carbonyl (C=O) groups excluding carboxylic acids is 1. The standard InChI is InChI=1S/C13H22ClN3O/c1-4-17-12(10-11(2)15-17)13(18)16(3)9-7-5-6-8-14/h10H,4-9H2,1-3H3. The van der Waals surface area contributed by atoms with Crippen LogP contribution in [0.1, 0.15) is 42.4 Å². The molecule has 0 aliphatic carbocycles. The summed E-state index contributed by atoms with van der Waals surface area (Å²) in [6, 6.07) is 1.85. The number of hydrogen-bond donors (Lipinski definition) is 0. The Bertz CT molecular complexity index is 390. The minimum Gasteiger partial charge on any atom is -0.340 e. The topological polar surface area (TPSA) is 38.1 Å². The van der Waals surface area contributed by atoms with Gasteiger partial charge in [-0.25, -0.2) is 0 Å². The van der Waals surface area contributed by atoms with Crippen LogP contribution in [0, 0.1) is 6.92 Å². The van der Waals surface area contributed by atoms with Gasteiger partial charge in [-0.2, -0.15) is 5.10 Å². The Kier molecular flexibility index (Phi) is 6.19. The van der Waals surface area contributed by atoms with Crippen LogP contribution >= 0.6 is 11.6 Å². The molecule has 0 aromatic carbocycles. The highest BCUT2D eigenvalue weighted by atomic mass is 35.5. The van der Waals surface area contributed by atoms with Crippen molar-refractivity contribution in [3.63, 3.8) is 0 Å². The van der Waals surface area contributed by atoms with Crippen molar-refractivity contribution in [2.75, 3.05) is 19.5 Å². The molecule has 0 saturated carbocycles. The zero-order valence-electron chi connectivity index (χ0n) is 11.4. The second-order valence-electron chi connectivity index (χ2n) is 4.46. The van der Waals surface area contributed by atoms with Gasteiger partial charge in [-0.1, -0.05) is 6.42 Å². The average Bonchev–Trinajstić information content (AvgIpc) is 2.74. The predicted octanol–water partition coefficient (Wildman–Crippen LogP) is 2.69. The summed E-state index contributed by atoms with van der Waals surface area (Å²) in [6.07, 6.45) is 3.07. The lowest BCUT2D eigenvalue weighted by molar-refractivity contribution is 0.0780. The van der Waals surface area contributed by atoms with E-state index in [9.17, 15) is 4.79 Å². The van der Waals surface area contributed by atoms with Gasteiger partial charge >= 0.3 is 0 Å².